The maximum absolute atomic E-state index is 15.8. The molecule has 1 spiro atoms. The molecule has 6 rings (SSSR count). The van der Waals surface area contributed by atoms with Crippen LogP contribution in [-0.4, -0.2) is 81.3 Å². The number of carbonyl (C=O) groups is 4. The lowest BCUT2D eigenvalue weighted by atomic mass is 9.72. The minimum absolute atomic E-state index is 0.110. The van der Waals surface area contributed by atoms with E-state index in [1.165, 1.54) is 4.90 Å². The van der Waals surface area contributed by atoms with Gasteiger partial charge >= 0.3 is 6.09 Å². The highest BCUT2D eigenvalue weighted by Gasteiger charge is 2.48. The van der Waals surface area contributed by atoms with Gasteiger partial charge in [0.2, 0.25) is 11.8 Å². The van der Waals surface area contributed by atoms with Gasteiger partial charge in [0.15, 0.2) is 5.82 Å². The molecule has 1 atom stereocenters. The second-order valence-corrected chi connectivity index (χ2v) is 13.0. The van der Waals surface area contributed by atoms with Gasteiger partial charge in [0.05, 0.1) is 0 Å². The molecule has 0 saturated carbocycles. The van der Waals surface area contributed by atoms with Crippen LogP contribution in [0.25, 0.3) is 11.3 Å². The lowest BCUT2D eigenvalue weighted by Crippen LogP contribution is -2.62. The molecule has 2 aromatic rings. The second kappa shape index (κ2) is 10.4. The van der Waals surface area contributed by atoms with E-state index in [0.29, 0.717) is 41.9 Å². The number of hydrogen-bond donors (Lipinski definition) is 1. The molecule has 222 valence electrons. The summed E-state index contributed by atoms with van der Waals surface area (Å²) in [6, 6.07) is 6.13. The molecule has 1 aromatic carbocycles. The van der Waals surface area contributed by atoms with E-state index >= 15 is 4.39 Å². The number of benzene rings is 1. The van der Waals surface area contributed by atoms with Crippen LogP contribution < -0.4 is 5.32 Å². The van der Waals surface area contributed by atoms with E-state index in [1.807, 2.05) is 20.8 Å². The Labute approximate surface area is 244 Å². The fourth-order valence-corrected chi connectivity index (χ4v) is 6.49. The molecule has 4 amide bonds. The van der Waals surface area contributed by atoms with E-state index in [-0.39, 0.29) is 54.2 Å². The van der Waals surface area contributed by atoms with Crippen molar-refractivity contribution in [1.82, 2.24) is 25.0 Å². The first-order valence-corrected chi connectivity index (χ1v) is 14.5. The van der Waals surface area contributed by atoms with Crippen molar-refractivity contribution >= 4 is 23.8 Å². The Morgan fingerprint density at radius 2 is 1.88 bits per heavy atom. The van der Waals surface area contributed by atoms with Crippen molar-refractivity contribution in [3.63, 3.8) is 0 Å². The summed E-state index contributed by atoms with van der Waals surface area (Å²) in [5.41, 5.74) is 2.13. The maximum atomic E-state index is 15.8. The number of halogens is 1. The summed E-state index contributed by atoms with van der Waals surface area (Å²) in [4.78, 5) is 59.1. The highest BCUT2D eigenvalue weighted by atomic mass is 19.1. The minimum Gasteiger partial charge on any atom is -0.444 e. The lowest BCUT2D eigenvalue weighted by molar-refractivity contribution is -0.136. The number of likely N-dealkylation sites (tertiary alicyclic amines) is 2. The zero-order chi connectivity index (χ0) is 29.8. The molecule has 1 unspecified atom stereocenters. The molecular weight excluding hydrogens is 541 g/mol. The van der Waals surface area contributed by atoms with E-state index in [1.54, 1.807) is 35.4 Å². The lowest BCUT2D eigenvalue weighted by Gasteiger charge is -2.53. The topological polar surface area (TPSA) is 112 Å². The van der Waals surface area contributed by atoms with Crippen LogP contribution in [0.2, 0.25) is 0 Å². The van der Waals surface area contributed by atoms with E-state index in [2.05, 4.69) is 15.2 Å². The molecule has 3 fully saturated rings. The fourth-order valence-electron chi connectivity index (χ4n) is 6.49. The molecule has 0 bridgehead atoms. The fraction of sp³-hybridized carbons (Fsp3) is 0.516. The third-order valence-corrected chi connectivity index (χ3v) is 8.78. The number of nitrogens with one attached hydrogen (secondary N) is 1. The largest absolute Gasteiger partial charge is 0.444 e. The predicted molar refractivity (Wildman–Crippen MR) is 150 cm³/mol. The highest BCUT2D eigenvalue weighted by Crippen LogP contribution is 2.41. The number of amides is 4. The quantitative estimate of drug-likeness (QED) is 0.554. The number of ether oxygens (including phenoxy) is 1. The molecule has 4 aliphatic heterocycles. The van der Waals surface area contributed by atoms with Gasteiger partial charge in [-0.15, -0.1) is 0 Å². The Morgan fingerprint density at radius 3 is 2.57 bits per heavy atom. The molecule has 3 saturated heterocycles. The van der Waals surface area contributed by atoms with Crippen LogP contribution in [0, 0.1) is 11.2 Å². The average molecular weight is 578 g/mol. The number of imide groups is 1. The van der Waals surface area contributed by atoms with Crippen LogP contribution >= 0.6 is 0 Å². The minimum atomic E-state index is -0.701. The van der Waals surface area contributed by atoms with E-state index in [0.717, 1.165) is 25.9 Å². The molecule has 11 heteroatoms. The molecule has 10 nitrogen and oxygen atoms in total. The summed E-state index contributed by atoms with van der Waals surface area (Å²) in [6.45, 7) is 9.31. The number of hydrogen-bond acceptors (Lipinski definition) is 7. The zero-order valence-corrected chi connectivity index (χ0v) is 24.2. The van der Waals surface area contributed by atoms with Crippen LogP contribution in [-0.2, 0) is 27.4 Å². The van der Waals surface area contributed by atoms with Gasteiger partial charge < -0.3 is 14.5 Å². The van der Waals surface area contributed by atoms with E-state index in [9.17, 15) is 19.2 Å². The van der Waals surface area contributed by atoms with Gasteiger partial charge in [-0.3, -0.25) is 29.6 Å². The number of nitrogens with zero attached hydrogens (tertiary/aromatic N) is 4. The van der Waals surface area contributed by atoms with Crippen LogP contribution in [0.4, 0.5) is 9.18 Å². The molecular formula is C31H36FN5O5. The van der Waals surface area contributed by atoms with Gasteiger partial charge in [0.1, 0.15) is 17.3 Å². The Balaban J connectivity index is 1.09. The van der Waals surface area contributed by atoms with Crippen molar-refractivity contribution in [3.8, 4) is 11.3 Å². The molecule has 4 aliphatic rings. The summed E-state index contributed by atoms with van der Waals surface area (Å²) in [5.74, 6) is -1.45. The Kier molecular flexibility index (Phi) is 7.03. The molecule has 42 heavy (non-hydrogen) atoms. The van der Waals surface area contributed by atoms with Gasteiger partial charge in [0.25, 0.3) is 5.91 Å². The van der Waals surface area contributed by atoms with Gasteiger partial charge in [-0.25, -0.2) is 9.18 Å². The second-order valence-electron chi connectivity index (χ2n) is 13.0. The van der Waals surface area contributed by atoms with E-state index < -0.39 is 17.6 Å². The van der Waals surface area contributed by atoms with Gasteiger partial charge in [0, 0.05) is 60.9 Å². The average Bonchev–Trinajstić information content (AvgIpc) is 3.23. The maximum Gasteiger partial charge on any atom is 0.410 e. The molecule has 1 aromatic heterocycles. The monoisotopic (exact) mass is 577 g/mol. The predicted octanol–water partition coefficient (Wildman–Crippen LogP) is 3.48. The number of rotatable bonds is 4. The van der Waals surface area contributed by atoms with Crippen molar-refractivity contribution in [1.29, 1.82) is 0 Å². The van der Waals surface area contributed by atoms with Gasteiger partial charge in [-0.2, -0.15) is 0 Å². The molecule has 0 radical (unpaired) electrons. The summed E-state index contributed by atoms with van der Waals surface area (Å²) in [5, 5.41) is 2.31. The molecule has 0 aliphatic carbocycles. The highest BCUT2D eigenvalue weighted by molar-refractivity contribution is 6.05. The van der Waals surface area contributed by atoms with Crippen molar-refractivity contribution < 1.29 is 28.3 Å². The van der Waals surface area contributed by atoms with Crippen LogP contribution in [0.5, 0.6) is 0 Å². The Morgan fingerprint density at radius 1 is 1.14 bits per heavy atom. The van der Waals surface area contributed by atoms with Gasteiger partial charge in [-0.1, -0.05) is 6.07 Å². The van der Waals surface area contributed by atoms with Crippen molar-refractivity contribution in [2.45, 2.75) is 71.2 Å². The van der Waals surface area contributed by atoms with Gasteiger partial charge in [-0.05, 0) is 76.9 Å². The normalized spacial score (nSPS) is 22.2. The smallest absolute Gasteiger partial charge is 0.410 e. The SMILES string of the molecule is CC(C)(C)OC(=O)N1CC2(CCN(Cc3ccnc(-c4ccc5c(c4)CN(C4CCC(=O)NC4=O)C5=O)c3F)CC2)C1. The summed E-state index contributed by atoms with van der Waals surface area (Å²) < 4.78 is 21.3. The number of piperidine rings is 2. The summed E-state index contributed by atoms with van der Waals surface area (Å²) in [7, 11) is 0. The number of aromatic nitrogens is 1. The summed E-state index contributed by atoms with van der Waals surface area (Å²) >= 11 is 0. The first-order chi connectivity index (χ1) is 19.9. The Bertz CT molecular complexity index is 1450. The first kappa shape index (κ1) is 28.3. The number of fused-ring (bicyclic) bond motifs is 1. The van der Waals surface area contributed by atoms with Crippen molar-refractivity contribution in [2.75, 3.05) is 26.2 Å². The first-order valence-electron chi connectivity index (χ1n) is 14.5. The molecule has 5 heterocycles. The number of pyridine rings is 1. The van der Waals surface area contributed by atoms with Crippen LogP contribution in [0.1, 0.15) is 67.9 Å². The number of carbonyl (C=O) groups excluding carboxylic acids is 4. The van der Waals surface area contributed by atoms with Crippen LogP contribution in [0.15, 0.2) is 30.5 Å². The molecule has 1 N–H and O–H groups in total. The van der Waals surface area contributed by atoms with Crippen molar-refractivity contribution in [3.05, 3.63) is 53.0 Å². The standard InChI is InChI=1S/C31H36FN5O5/c1-30(2,3)42-29(41)36-17-31(18-36)9-12-35(13-10-31)15-20-8-11-33-26(25(20)32)19-4-5-22-21(14-19)16-37(28(22)40)23-6-7-24(38)34-27(23)39/h4-5,8,11,14,23H,6-7,9-10,12-13,15-18H2,1-3H3,(H,34,38,39). The summed E-state index contributed by atoms with van der Waals surface area (Å²) in [6.07, 6.45) is 3.70. The van der Waals surface area contributed by atoms with Crippen molar-refractivity contribution in [2.24, 2.45) is 5.41 Å². The third kappa shape index (κ3) is 5.37. The van der Waals surface area contributed by atoms with E-state index in [4.69, 9.17) is 4.74 Å². The van der Waals surface area contributed by atoms with Crippen LogP contribution in [0.3, 0.4) is 0 Å². The zero-order valence-electron chi connectivity index (χ0n) is 24.2. The Hall–Kier alpha value is -3.86. The third-order valence-electron chi connectivity index (χ3n) is 8.78.